The number of benzene rings is 1. The van der Waals surface area contributed by atoms with Crippen molar-refractivity contribution < 1.29 is 9.53 Å². The first kappa shape index (κ1) is 16.5. The molecule has 0 spiro atoms. The van der Waals surface area contributed by atoms with Crippen LogP contribution in [0.25, 0.3) is 16.3 Å². The minimum Gasteiger partial charge on any atom is -0.465 e. The van der Waals surface area contributed by atoms with Gasteiger partial charge in [-0.05, 0) is 30.7 Å². The monoisotopic (exact) mass is 366 g/mol. The van der Waals surface area contributed by atoms with Crippen LogP contribution in [-0.2, 0) is 4.74 Å². The number of anilines is 2. The van der Waals surface area contributed by atoms with E-state index in [-0.39, 0.29) is 16.3 Å². The maximum atomic E-state index is 12.0. The van der Waals surface area contributed by atoms with E-state index < -0.39 is 11.5 Å². The normalized spacial score (nSPS) is 11.0. The first-order valence-corrected chi connectivity index (χ1v) is 7.92. The largest absolute Gasteiger partial charge is 0.465 e. The minimum atomic E-state index is -0.472. The SMILES string of the molecule is COC(=O)c1cn2ncnc(Nc3ccc4c(=O)[nH][nH]c(=O)c4c3)c2c1C. The zero-order chi connectivity index (χ0) is 19.1. The van der Waals surface area contributed by atoms with E-state index in [0.717, 1.165) is 0 Å². The summed E-state index contributed by atoms with van der Waals surface area (Å²) in [5.74, 6) is -0.0290. The first-order chi connectivity index (χ1) is 13.0. The van der Waals surface area contributed by atoms with E-state index in [1.165, 1.54) is 18.0 Å². The second-order valence-electron chi connectivity index (χ2n) is 5.85. The Hall–Kier alpha value is -3.95. The number of fused-ring (bicyclic) bond motifs is 2. The number of H-pyrrole nitrogens is 2. The standard InChI is InChI=1S/C17H14N6O4/c1-8-12(17(26)27-2)6-23-13(8)14(18-7-19-23)20-9-3-4-10-11(5-9)16(25)22-21-15(10)24/h3-7H,1-2H3,(H,21,24)(H,22,25)(H,18,19,20). The zero-order valence-corrected chi connectivity index (χ0v) is 14.4. The third kappa shape index (κ3) is 2.63. The van der Waals surface area contributed by atoms with E-state index in [9.17, 15) is 14.4 Å². The van der Waals surface area contributed by atoms with Crippen molar-refractivity contribution in [2.24, 2.45) is 0 Å². The first-order valence-electron chi connectivity index (χ1n) is 7.92. The molecule has 0 aliphatic heterocycles. The van der Waals surface area contributed by atoms with Gasteiger partial charge in [-0.1, -0.05) is 0 Å². The quantitative estimate of drug-likeness (QED) is 0.462. The van der Waals surface area contributed by atoms with Crippen LogP contribution in [0.4, 0.5) is 11.5 Å². The van der Waals surface area contributed by atoms with Gasteiger partial charge in [0.25, 0.3) is 11.1 Å². The third-order valence-electron chi connectivity index (χ3n) is 4.29. The van der Waals surface area contributed by atoms with Crippen molar-refractivity contribution in [3.8, 4) is 0 Å². The summed E-state index contributed by atoms with van der Waals surface area (Å²) in [7, 11) is 1.31. The summed E-state index contributed by atoms with van der Waals surface area (Å²) in [4.78, 5) is 39.9. The predicted octanol–water partition coefficient (Wildman–Crippen LogP) is 1.10. The topological polar surface area (TPSA) is 134 Å². The summed E-state index contributed by atoms with van der Waals surface area (Å²) < 4.78 is 6.31. The Kier molecular flexibility index (Phi) is 3.73. The zero-order valence-electron chi connectivity index (χ0n) is 14.4. The van der Waals surface area contributed by atoms with Gasteiger partial charge in [0.1, 0.15) is 11.8 Å². The molecule has 0 radical (unpaired) electrons. The van der Waals surface area contributed by atoms with Crippen LogP contribution in [0.2, 0.25) is 0 Å². The number of hydrogen-bond acceptors (Lipinski definition) is 7. The van der Waals surface area contributed by atoms with Gasteiger partial charge in [-0.2, -0.15) is 5.10 Å². The molecule has 10 nitrogen and oxygen atoms in total. The lowest BCUT2D eigenvalue weighted by molar-refractivity contribution is 0.0600. The lowest BCUT2D eigenvalue weighted by Gasteiger charge is -2.08. The lowest BCUT2D eigenvalue weighted by Crippen LogP contribution is -2.18. The number of ether oxygens (including phenoxy) is 1. The van der Waals surface area contributed by atoms with Gasteiger partial charge in [-0.25, -0.2) is 14.3 Å². The molecule has 1 aromatic carbocycles. The second kappa shape index (κ2) is 6.09. The average Bonchev–Trinajstić information content (AvgIpc) is 3.02. The highest BCUT2D eigenvalue weighted by molar-refractivity contribution is 5.95. The van der Waals surface area contributed by atoms with E-state index in [1.54, 1.807) is 31.3 Å². The molecule has 0 aliphatic rings. The van der Waals surface area contributed by atoms with Crippen molar-refractivity contribution in [1.29, 1.82) is 0 Å². The van der Waals surface area contributed by atoms with E-state index in [4.69, 9.17) is 4.74 Å². The maximum Gasteiger partial charge on any atom is 0.339 e. The van der Waals surface area contributed by atoms with Crippen LogP contribution < -0.4 is 16.4 Å². The Bertz CT molecular complexity index is 1320. The van der Waals surface area contributed by atoms with Gasteiger partial charge in [0.05, 0.1) is 23.4 Å². The fourth-order valence-electron chi connectivity index (χ4n) is 2.96. The van der Waals surface area contributed by atoms with Crippen molar-refractivity contribution >= 4 is 33.8 Å². The highest BCUT2D eigenvalue weighted by Crippen LogP contribution is 2.26. The molecular formula is C17H14N6O4. The van der Waals surface area contributed by atoms with Gasteiger partial charge < -0.3 is 10.1 Å². The molecule has 3 N–H and O–H groups in total. The predicted molar refractivity (Wildman–Crippen MR) is 97.5 cm³/mol. The Morgan fingerprint density at radius 1 is 1.19 bits per heavy atom. The Labute approximate surface area is 150 Å². The van der Waals surface area contributed by atoms with Gasteiger partial charge in [0, 0.05) is 11.9 Å². The van der Waals surface area contributed by atoms with Crippen molar-refractivity contribution in [3.05, 3.63) is 62.6 Å². The number of nitrogens with zero attached hydrogens (tertiary/aromatic N) is 3. The Morgan fingerprint density at radius 3 is 2.67 bits per heavy atom. The lowest BCUT2D eigenvalue weighted by atomic mass is 10.1. The third-order valence-corrected chi connectivity index (χ3v) is 4.29. The number of nitrogens with one attached hydrogen (secondary N) is 3. The molecule has 136 valence electrons. The van der Waals surface area contributed by atoms with E-state index in [2.05, 4.69) is 25.6 Å². The fraction of sp³-hybridized carbons (Fsp3) is 0.118. The molecule has 0 atom stereocenters. The smallest absolute Gasteiger partial charge is 0.339 e. The number of aryl methyl sites for hydroxylation is 1. The van der Waals surface area contributed by atoms with Gasteiger partial charge in [0.2, 0.25) is 0 Å². The molecule has 0 saturated heterocycles. The van der Waals surface area contributed by atoms with Gasteiger partial charge in [-0.15, -0.1) is 0 Å². The number of carbonyl (C=O) groups excluding carboxylic acids is 1. The highest BCUT2D eigenvalue weighted by Gasteiger charge is 2.18. The van der Waals surface area contributed by atoms with Crippen molar-refractivity contribution in [3.63, 3.8) is 0 Å². The summed E-state index contributed by atoms with van der Waals surface area (Å²) in [5.41, 5.74) is 1.39. The summed E-state index contributed by atoms with van der Waals surface area (Å²) in [6, 6.07) is 4.77. The minimum absolute atomic E-state index is 0.246. The van der Waals surface area contributed by atoms with Crippen molar-refractivity contribution in [2.75, 3.05) is 12.4 Å². The van der Waals surface area contributed by atoms with Crippen LogP contribution in [0, 0.1) is 6.92 Å². The van der Waals surface area contributed by atoms with Crippen molar-refractivity contribution in [2.45, 2.75) is 6.92 Å². The van der Waals surface area contributed by atoms with Crippen LogP contribution in [0.3, 0.4) is 0 Å². The molecule has 4 aromatic rings. The molecule has 4 rings (SSSR count). The van der Waals surface area contributed by atoms with E-state index in [1.807, 2.05) is 0 Å². The van der Waals surface area contributed by atoms with Gasteiger partial charge >= 0.3 is 5.97 Å². The molecule has 0 fully saturated rings. The Morgan fingerprint density at radius 2 is 1.93 bits per heavy atom. The van der Waals surface area contributed by atoms with Crippen molar-refractivity contribution in [1.82, 2.24) is 24.8 Å². The van der Waals surface area contributed by atoms with E-state index in [0.29, 0.717) is 28.1 Å². The number of esters is 1. The van der Waals surface area contributed by atoms with Crippen LogP contribution in [0.15, 0.2) is 40.3 Å². The molecule has 3 heterocycles. The van der Waals surface area contributed by atoms with Crippen LogP contribution in [-0.4, -0.2) is 37.9 Å². The van der Waals surface area contributed by atoms with Gasteiger partial charge in [0.15, 0.2) is 5.82 Å². The fourth-order valence-corrected chi connectivity index (χ4v) is 2.96. The number of methoxy groups -OCH3 is 1. The van der Waals surface area contributed by atoms with Crippen LogP contribution >= 0.6 is 0 Å². The number of rotatable bonds is 3. The summed E-state index contributed by atoms with van der Waals surface area (Å²) >= 11 is 0. The molecule has 0 saturated carbocycles. The second-order valence-corrected chi connectivity index (χ2v) is 5.85. The molecule has 0 amide bonds. The van der Waals surface area contributed by atoms with Crippen LogP contribution in [0.1, 0.15) is 15.9 Å². The Balaban J connectivity index is 1.84. The molecule has 0 bridgehead atoms. The molecule has 3 aromatic heterocycles. The van der Waals surface area contributed by atoms with E-state index >= 15 is 0 Å². The molecule has 0 aliphatic carbocycles. The summed E-state index contributed by atoms with van der Waals surface area (Å²) in [6.45, 7) is 1.76. The van der Waals surface area contributed by atoms with Crippen LogP contribution in [0.5, 0.6) is 0 Å². The number of aromatic nitrogens is 5. The number of aromatic amines is 2. The maximum absolute atomic E-state index is 12.0. The summed E-state index contributed by atoms with van der Waals surface area (Å²) in [5, 5.41) is 12.3. The highest BCUT2D eigenvalue weighted by atomic mass is 16.5. The number of carbonyl (C=O) groups is 1. The van der Waals surface area contributed by atoms with Gasteiger partial charge in [-0.3, -0.25) is 19.8 Å². The number of hydrogen-bond donors (Lipinski definition) is 3. The molecular weight excluding hydrogens is 352 g/mol. The summed E-state index contributed by atoms with van der Waals surface area (Å²) in [6.07, 6.45) is 2.91. The molecule has 0 unspecified atom stereocenters. The molecule has 10 heteroatoms. The molecule has 27 heavy (non-hydrogen) atoms. The average molecular weight is 366 g/mol.